The molecule has 1 aliphatic rings. The number of rotatable bonds is 5. The van der Waals surface area contributed by atoms with Gasteiger partial charge in [0, 0.05) is 23.5 Å². The molecule has 1 atom stereocenters. The summed E-state index contributed by atoms with van der Waals surface area (Å²) in [5, 5.41) is 14.6. The number of aliphatic hydroxyl groups excluding tert-OH is 1. The zero-order valence-electron chi connectivity index (χ0n) is 13.9. The summed E-state index contributed by atoms with van der Waals surface area (Å²) in [5.41, 5.74) is 2.08. The first kappa shape index (κ1) is 15.8. The zero-order valence-corrected chi connectivity index (χ0v) is 13.9. The average Bonchev–Trinajstić information content (AvgIpc) is 3.47. The van der Waals surface area contributed by atoms with Crippen LogP contribution >= 0.6 is 0 Å². The summed E-state index contributed by atoms with van der Waals surface area (Å²) < 4.78 is 0. The Bertz CT molecular complexity index is 899. The van der Waals surface area contributed by atoms with E-state index in [2.05, 4.69) is 10.3 Å². The molecule has 0 saturated heterocycles. The van der Waals surface area contributed by atoms with Crippen molar-refractivity contribution >= 4 is 16.8 Å². The fraction of sp³-hybridized carbons (Fsp3) is 0.238. The van der Waals surface area contributed by atoms with Gasteiger partial charge in [-0.25, -0.2) is 0 Å². The summed E-state index contributed by atoms with van der Waals surface area (Å²) in [5.74, 6) is -0.120. The van der Waals surface area contributed by atoms with Gasteiger partial charge in [-0.3, -0.25) is 9.78 Å². The van der Waals surface area contributed by atoms with Gasteiger partial charge in [-0.15, -0.1) is 0 Å². The molecule has 1 amide bonds. The minimum Gasteiger partial charge on any atom is -0.388 e. The van der Waals surface area contributed by atoms with Crippen LogP contribution in [0.4, 0.5) is 0 Å². The van der Waals surface area contributed by atoms with Crippen molar-refractivity contribution in [2.24, 2.45) is 5.41 Å². The molecule has 4 rings (SSSR count). The maximum atomic E-state index is 12.7. The first-order chi connectivity index (χ1) is 12.2. The van der Waals surface area contributed by atoms with Gasteiger partial charge in [0.1, 0.15) is 0 Å². The standard InChI is InChI=1S/C21H20N2O2/c24-19(15-6-2-1-3-7-15)21(11-12-21)14-23-20(25)17-10-13-22-18-9-5-4-8-16(17)18/h1-10,13,19,24H,11-12,14H2,(H,23,25). The molecule has 2 N–H and O–H groups in total. The van der Waals surface area contributed by atoms with Crippen molar-refractivity contribution in [2.45, 2.75) is 18.9 Å². The maximum absolute atomic E-state index is 12.7. The van der Waals surface area contributed by atoms with Crippen LogP contribution in [0.1, 0.15) is 34.9 Å². The Balaban J connectivity index is 1.50. The molecule has 3 aromatic rings. The monoisotopic (exact) mass is 332 g/mol. The third-order valence-corrected chi connectivity index (χ3v) is 5.08. The van der Waals surface area contributed by atoms with Gasteiger partial charge in [-0.05, 0) is 30.5 Å². The van der Waals surface area contributed by atoms with Crippen LogP contribution in [-0.2, 0) is 0 Å². The molecule has 25 heavy (non-hydrogen) atoms. The lowest BCUT2D eigenvalue weighted by Crippen LogP contribution is -2.33. The van der Waals surface area contributed by atoms with E-state index in [4.69, 9.17) is 0 Å². The van der Waals surface area contributed by atoms with Crippen molar-refractivity contribution in [1.82, 2.24) is 10.3 Å². The normalized spacial score (nSPS) is 16.4. The molecule has 1 heterocycles. The van der Waals surface area contributed by atoms with Crippen molar-refractivity contribution in [3.05, 3.63) is 78.0 Å². The topological polar surface area (TPSA) is 62.2 Å². The quantitative estimate of drug-likeness (QED) is 0.752. The molecule has 0 spiro atoms. The molecule has 0 aliphatic heterocycles. The largest absolute Gasteiger partial charge is 0.388 e. The Labute approximate surface area is 146 Å². The Kier molecular flexibility index (Phi) is 3.98. The minimum atomic E-state index is -0.553. The van der Waals surface area contributed by atoms with E-state index in [1.54, 1.807) is 12.3 Å². The number of para-hydroxylation sites is 1. The Morgan fingerprint density at radius 2 is 1.80 bits per heavy atom. The van der Waals surface area contributed by atoms with Crippen LogP contribution in [0.2, 0.25) is 0 Å². The van der Waals surface area contributed by atoms with Gasteiger partial charge in [-0.2, -0.15) is 0 Å². The number of nitrogens with zero attached hydrogens (tertiary/aromatic N) is 1. The lowest BCUT2D eigenvalue weighted by Gasteiger charge is -2.23. The lowest BCUT2D eigenvalue weighted by atomic mass is 9.92. The van der Waals surface area contributed by atoms with E-state index in [0.29, 0.717) is 12.1 Å². The number of carbonyl (C=O) groups excluding carboxylic acids is 1. The smallest absolute Gasteiger partial charge is 0.252 e. The Hall–Kier alpha value is -2.72. The van der Waals surface area contributed by atoms with Gasteiger partial charge < -0.3 is 10.4 Å². The third kappa shape index (κ3) is 3.01. The van der Waals surface area contributed by atoms with Crippen LogP contribution < -0.4 is 5.32 Å². The van der Waals surface area contributed by atoms with E-state index in [-0.39, 0.29) is 11.3 Å². The number of aromatic nitrogens is 1. The van der Waals surface area contributed by atoms with E-state index in [1.807, 2.05) is 54.6 Å². The van der Waals surface area contributed by atoms with Crippen LogP contribution in [0, 0.1) is 5.41 Å². The molecule has 1 fully saturated rings. The number of pyridine rings is 1. The summed E-state index contributed by atoms with van der Waals surface area (Å²) in [6.45, 7) is 0.471. The fourth-order valence-corrected chi connectivity index (χ4v) is 3.34. The van der Waals surface area contributed by atoms with Crippen LogP contribution in [0.25, 0.3) is 10.9 Å². The second-order valence-electron chi connectivity index (χ2n) is 6.73. The minimum absolute atomic E-state index is 0.120. The first-order valence-corrected chi connectivity index (χ1v) is 8.55. The van der Waals surface area contributed by atoms with E-state index in [0.717, 1.165) is 29.3 Å². The van der Waals surface area contributed by atoms with Crippen LogP contribution in [0.15, 0.2) is 66.9 Å². The highest BCUT2D eigenvalue weighted by atomic mass is 16.3. The van der Waals surface area contributed by atoms with Gasteiger partial charge in [-0.1, -0.05) is 48.5 Å². The van der Waals surface area contributed by atoms with Gasteiger partial charge in [0.2, 0.25) is 0 Å². The van der Waals surface area contributed by atoms with Gasteiger partial charge in [0.05, 0.1) is 17.2 Å². The average molecular weight is 332 g/mol. The predicted molar refractivity (Wildman–Crippen MR) is 97.1 cm³/mol. The van der Waals surface area contributed by atoms with Crippen LogP contribution in [0.5, 0.6) is 0 Å². The molecule has 4 heteroatoms. The van der Waals surface area contributed by atoms with Gasteiger partial charge >= 0.3 is 0 Å². The van der Waals surface area contributed by atoms with Crippen molar-refractivity contribution in [3.8, 4) is 0 Å². The summed E-state index contributed by atoms with van der Waals surface area (Å²) in [7, 11) is 0. The molecule has 126 valence electrons. The number of amides is 1. The molecule has 1 aliphatic carbocycles. The van der Waals surface area contributed by atoms with E-state index in [9.17, 15) is 9.90 Å². The number of nitrogens with one attached hydrogen (secondary N) is 1. The summed E-state index contributed by atoms with van der Waals surface area (Å²) in [6.07, 6.45) is 2.94. The summed E-state index contributed by atoms with van der Waals surface area (Å²) in [6, 6.07) is 19.0. The van der Waals surface area contributed by atoms with Crippen LogP contribution in [0.3, 0.4) is 0 Å². The number of fused-ring (bicyclic) bond motifs is 1. The van der Waals surface area contributed by atoms with E-state index < -0.39 is 6.10 Å². The lowest BCUT2D eigenvalue weighted by molar-refractivity contribution is 0.0809. The number of benzene rings is 2. The highest BCUT2D eigenvalue weighted by Gasteiger charge is 2.49. The van der Waals surface area contributed by atoms with Gasteiger partial charge in [0.15, 0.2) is 0 Å². The van der Waals surface area contributed by atoms with Gasteiger partial charge in [0.25, 0.3) is 5.91 Å². The molecule has 2 aromatic carbocycles. The highest BCUT2D eigenvalue weighted by molar-refractivity contribution is 6.05. The maximum Gasteiger partial charge on any atom is 0.252 e. The molecular formula is C21H20N2O2. The van der Waals surface area contributed by atoms with Crippen molar-refractivity contribution in [2.75, 3.05) is 6.54 Å². The van der Waals surface area contributed by atoms with Crippen molar-refractivity contribution in [3.63, 3.8) is 0 Å². The molecule has 4 nitrogen and oxygen atoms in total. The number of aliphatic hydroxyl groups is 1. The Morgan fingerprint density at radius 1 is 1.08 bits per heavy atom. The molecule has 0 radical (unpaired) electrons. The van der Waals surface area contributed by atoms with E-state index >= 15 is 0 Å². The van der Waals surface area contributed by atoms with Crippen molar-refractivity contribution < 1.29 is 9.90 Å². The van der Waals surface area contributed by atoms with Crippen LogP contribution in [-0.4, -0.2) is 22.5 Å². The molecule has 0 bridgehead atoms. The Morgan fingerprint density at radius 3 is 2.56 bits per heavy atom. The SMILES string of the molecule is O=C(NCC1(C(O)c2ccccc2)CC1)c1ccnc2ccccc12. The molecular weight excluding hydrogens is 312 g/mol. The highest BCUT2D eigenvalue weighted by Crippen LogP contribution is 2.54. The first-order valence-electron chi connectivity index (χ1n) is 8.55. The fourth-order valence-electron chi connectivity index (χ4n) is 3.34. The molecule has 1 aromatic heterocycles. The van der Waals surface area contributed by atoms with Crippen molar-refractivity contribution in [1.29, 1.82) is 0 Å². The molecule has 1 unspecified atom stereocenters. The second kappa shape index (κ2) is 6.30. The molecule has 1 saturated carbocycles. The predicted octanol–water partition coefficient (Wildman–Crippen LogP) is 3.48. The number of carbonyl (C=O) groups is 1. The second-order valence-corrected chi connectivity index (χ2v) is 6.73. The zero-order chi connectivity index (χ0) is 17.3. The van der Waals surface area contributed by atoms with E-state index in [1.165, 1.54) is 0 Å². The number of hydrogen-bond acceptors (Lipinski definition) is 3. The number of hydrogen-bond donors (Lipinski definition) is 2. The summed E-state index contributed by atoms with van der Waals surface area (Å²) >= 11 is 0. The summed E-state index contributed by atoms with van der Waals surface area (Å²) in [4.78, 5) is 17.0. The third-order valence-electron chi connectivity index (χ3n) is 5.08.